The van der Waals surface area contributed by atoms with Crippen LogP contribution in [0.1, 0.15) is 61.8 Å². The van der Waals surface area contributed by atoms with Crippen molar-refractivity contribution in [3.8, 4) is 11.8 Å². The molecule has 0 saturated carbocycles. The van der Waals surface area contributed by atoms with E-state index in [2.05, 4.69) is 18.5 Å². The number of hydrogen-bond acceptors (Lipinski definition) is 6. The molecule has 4 aromatic rings. The number of fused-ring (bicyclic) bond motifs is 2. The second kappa shape index (κ2) is 15.8. The number of halogens is 2. The molecular weight excluding hydrogens is 561 g/mol. The van der Waals surface area contributed by atoms with E-state index >= 15 is 0 Å². The molecule has 0 saturated heterocycles. The molecule has 0 atom stereocenters. The van der Waals surface area contributed by atoms with Crippen LogP contribution in [0.4, 0.5) is 8.63 Å². The number of allylic oxidation sites excluding steroid dienone is 3. The Kier molecular flexibility index (Phi) is 11.6. The largest absolute Gasteiger partial charge is 0.796 e. The minimum atomic E-state index is -3.12. The fourth-order valence-corrected chi connectivity index (χ4v) is 4.55. The Morgan fingerprint density at radius 3 is 1.77 bits per heavy atom. The Morgan fingerprint density at radius 2 is 1.30 bits per heavy atom. The van der Waals surface area contributed by atoms with E-state index in [0.29, 0.717) is 36.1 Å². The molecule has 9 heteroatoms. The van der Waals surface area contributed by atoms with Gasteiger partial charge in [0.25, 0.3) is 0 Å². The third-order valence-electron chi connectivity index (χ3n) is 6.92. The summed E-state index contributed by atoms with van der Waals surface area (Å²) in [6.45, 7) is 9.02. The van der Waals surface area contributed by atoms with Gasteiger partial charge in [-0.2, -0.15) is 0 Å². The smallest absolute Gasteiger partial charge is 0.505 e. The number of aromatic nitrogens is 2. The summed E-state index contributed by atoms with van der Waals surface area (Å²) in [5.41, 5.74) is 4.81. The highest BCUT2D eigenvalue weighted by molar-refractivity contribution is 6.35. The van der Waals surface area contributed by atoms with Crippen LogP contribution in [0.15, 0.2) is 72.5 Å². The van der Waals surface area contributed by atoms with Gasteiger partial charge in [-0.1, -0.05) is 63.1 Å². The van der Waals surface area contributed by atoms with Gasteiger partial charge in [0.15, 0.2) is 5.78 Å². The highest BCUT2D eigenvalue weighted by atomic mass is 19.2. The van der Waals surface area contributed by atoms with Crippen LogP contribution in [0, 0.1) is 13.8 Å². The average Bonchev–Trinajstić information content (AvgIpc) is 2.99. The van der Waals surface area contributed by atoms with Gasteiger partial charge in [0.2, 0.25) is 11.8 Å². The molecule has 6 nitrogen and oxygen atoms in total. The summed E-state index contributed by atoms with van der Waals surface area (Å²) >= 11 is 0. The Labute approximate surface area is 257 Å². The zero-order valence-corrected chi connectivity index (χ0v) is 25.6. The predicted molar refractivity (Wildman–Crippen MR) is 174 cm³/mol. The van der Waals surface area contributed by atoms with Gasteiger partial charge in [0.05, 0.1) is 24.2 Å². The van der Waals surface area contributed by atoms with Crippen LogP contribution in [0.2, 0.25) is 0 Å². The molecule has 0 bridgehead atoms. The summed E-state index contributed by atoms with van der Waals surface area (Å²) in [7, 11) is -3.12. The van der Waals surface area contributed by atoms with Gasteiger partial charge in [0, 0.05) is 28.0 Å². The first kappa shape index (κ1) is 32.4. The third-order valence-corrected chi connectivity index (χ3v) is 6.92. The number of aryl methyl sites for hydroxylation is 2. The molecule has 228 valence electrons. The summed E-state index contributed by atoms with van der Waals surface area (Å²) in [6.07, 6.45) is 10.4. The highest BCUT2D eigenvalue weighted by Gasteiger charge is 2.19. The molecule has 2 aromatic carbocycles. The van der Waals surface area contributed by atoms with Crippen LogP contribution in [0.5, 0.6) is 11.8 Å². The zero-order valence-electron chi connectivity index (χ0n) is 25.6. The Bertz CT molecular complexity index is 1700. The van der Waals surface area contributed by atoms with E-state index in [-0.39, 0.29) is 5.76 Å². The molecule has 0 fully saturated rings. The number of nitrogens with zero attached hydrogens (tertiary/aromatic N) is 2. The Morgan fingerprint density at radius 1 is 0.795 bits per heavy atom. The maximum absolute atomic E-state index is 13.3. The normalized spacial score (nSPS) is 12.0. The quantitative estimate of drug-likeness (QED) is 0.0448. The van der Waals surface area contributed by atoms with E-state index in [9.17, 15) is 13.4 Å². The van der Waals surface area contributed by atoms with Crippen molar-refractivity contribution in [1.82, 2.24) is 9.97 Å². The van der Waals surface area contributed by atoms with E-state index in [1.807, 2.05) is 62.4 Å². The monoisotopic (exact) mass is 598 g/mol. The summed E-state index contributed by atoms with van der Waals surface area (Å²) in [5, 5.41) is 1.78. The number of carbonyl (C=O) groups is 1. The van der Waals surface area contributed by atoms with Crippen LogP contribution < -0.4 is 9.47 Å². The predicted octanol–water partition coefficient (Wildman–Crippen LogP) is 8.88. The van der Waals surface area contributed by atoms with Gasteiger partial charge >= 0.3 is 7.47 Å². The fraction of sp³-hybridized carbons (Fsp3) is 0.286. The molecule has 44 heavy (non-hydrogen) atoms. The van der Waals surface area contributed by atoms with Crippen LogP contribution in [0.25, 0.3) is 34.0 Å². The molecule has 0 aliphatic rings. The van der Waals surface area contributed by atoms with Gasteiger partial charge in [-0.25, -0.2) is 18.6 Å². The van der Waals surface area contributed by atoms with Gasteiger partial charge in [-0.05, 0) is 74.3 Å². The van der Waals surface area contributed by atoms with Crippen molar-refractivity contribution in [2.75, 3.05) is 13.2 Å². The van der Waals surface area contributed by atoms with Gasteiger partial charge in [0.1, 0.15) is 5.76 Å². The van der Waals surface area contributed by atoms with Crippen molar-refractivity contribution in [3.05, 3.63) is 94.8 Å². The minimum Gasteiger partial charge on any atom is -0.505 e. The lowest BCUT2D eigenvalue weighted by atomic mass is 10.1. The lowest BCUT2D eigenvalue weighted by molar-refractivity contribution is -0.110. The number of hydrogen-bond donors (Lipinski definition) is 0. The van der Waals surface area contributed by atoms with E-state index in [4.69, 9.17) is 19.4 Å². The highest BCUT2D eigenvalue weighted by Crippen LogP contribution is 2.28. The van der Waals surface area contributed by atoms with Gasteiger partial charge in [-0.15, -0.1) is 0 Å². The number of ketones is 1. The number of para-hydroxylation sites is 2. The number of benzene rings is 2. The summed E-state index contributed by atoms with van der Waals surface area (Å²) in [4.78, 5) is 22.3. The molecular formula is C35H37BF2N2O4. The molecule has 2 aromatic heterocycles. The average molecular weight is 598 g/mol. The number of pyridine rings is 2. The second-order valence-corrected chi connectivity index (χ2v) is 10.5. The first-order valence-electron chi connectivity index (χ1n) is 14.9. The van der Waals surface area contributed by atoms with Crippen molar-refractivity contribution in [2.24, 2.45) is 0 Å². The van der Waals surface area contributed by atoms with E-state index in [0.717, 1.165) is 64.7 Å². The standard InChI is InChI=1S/C35H37BF2N2O4/c1-5-7-19-42-34-28(21-26-13-9-11-24(3)32(26)39-34)15-17-30(41)23-31(44-36(37)38)18-16-29-22-27-14-10-12-25(4)33(27)40-35(29)43-20-8-6-2/h9-18,21-23H,5-8,19-20H2,1-4H3/b17-15+,18-16+,31-23-. The molecule has 0 radical (unpaired) electrons. The zero-order chi connectivity index (χ0) is 31.5. The third kappa shape index (κ3) is 8.75. The van der Waals surface area contributed by atoms with Crippen LogP contribution in [-0.2, 0) is 9.45 Å². The molecule has 0 spiro atoms. The number of ether oxygens (including phenoxy) is 2. The molecule has 0 aliphatic heterocycles. The van der Waals surface area contributed by atoms with Gasteiger partial charge in [-0.3, -0.25) is 4.79 Å². The summed E-state index contributed by atoms with van der Waals surface area (Å²) in [6, 6.07) is 15.4. The van der Waals surface area contributed by atoms with Crippen molar-refractivity contribution < 1.29 is 27.6 Å². The van der Waals surface area contributed by atoms with E-state index in [1.54, 1.807) is 12.2 Å². The second-order valence-electron chi connectivity index (χ2n) is 10.5. The molecule has 2 heterocycles. The van der Waals surface area contributed by atoms with Crippen LogP contribution in [0.3, 0.4) is 0 Å². The summed E-state index contributed by atoms with van der Waals surface area (Å²) in [5.74, 6) is -0.0494. The molecule has 4 rings (SSSR count). The number of rotatable bonds is 15. The Balaban J connectivity index is 1.64. The van der Waals surface area contributed by atoms with Crippen molar-refractivity contribution in [2.45, 2.75) is 53.4 Å². The SMILES string of the molecule is CCCCOc1nc2c(C)cccc2cc1/C=C/C(=O)/C=C(/C=C/c1cc2cccc(C)c2nc1OCCCC)OB(F)F. The van der Waals surface area contributed by atoms with E-state index in [1.165, 1.54) is 12.2 Å². The lowest BCUT2D eigenvalue weighted by Crippen LogP contribution is -2.05. The maximum Gasteiger partial charge on any atom is 0.796 e. The molecule has 0 amide bonds. The van der Waals surface area contributed by atoms with Crippen LogP contribution in [-0.4, -0.2) is 36.4 Å². The van der Waals surface area contributed by atoms with Crippen molar-refractivity contribution >= 4 is 47.2 Å². The first-order chi connectivity index (χ1) is 21.3. The fourth-order valence-electron chi connectivity index (χ4n) is 4.55. The van der Waals surface area contributed by atoms with Gasteiger partial charge < -0.3 is 14.1 Å². The summed E-state index contributed by atoms with van der Waals surface area (Å²) < 4.78 is 43.2. The van der Waals surface area contributed by atoms with Crippen molar-refractivity contribution in [3.63, 3.8) is 0 Å². The van der Waals surface area contributed by atoms with Crippen LogP contribution >= 0.6 is 0 Å². The maximum atomic E-state index is 13.3. The first-order valence-corrected chi connectivity index (χ1v) is 14.9. The minimum absolute atomic E-state index is 0.301. The lowest BCUT2D eigenvalue weighted by Gasteiger charge is -2.11. The van der Waals surface area contributed by atoms with E-state index < -0.39 is 13.3 Å². The topological polar surface area (TPSA) is 70.5 Å². The molecule has 0 aliphatic carbocycles. The molecule has 0 unspecified atom stereocenters. The number of unbranched alkanes of at least 4 members (excludes halogenated alkanes) is 2. The molecule has 0 N–H and O–H groups in total. The Hall–Kier alpha value is -4.53. The van der Waals surface area contributed by atoms with Crippen molar-refractivity contribution in [1.29, 1.82) is 0 Å². The number of carbonyl (C=O) groups excluding carboxylic acids is 1.